The van der Waals surface area contributed by atoms with Crippen LogP contribution in [-0.2, 0) is 16.0 Å². The van der Waals surface area contributed by atoms with E-state index in [0.717, 1.165) is 17.0 Å². The summed E-state index contributed by atoms with van der Waals surface area (Å²) in [5, 5.41) is 10.8. The minimum atomic E-state index is -0.474. The Kier molecular flexibility index (Phi) is 4.56. The van der Waals surface area contributed by atoms with Crippen LogP contribution in [0.25, 0.3) is 0 Å². The van der Waals surface area contributed by atoms with Gasteiger partial charge in [0.15, 0.2) is 5.82 Å². The molecule has 1 saturated heterocycles. The maximum absolute atomic E-state index is 12.6. The summed E-state index contributed by atoms with van der Waals surface area (Å²) in [4.78, 5) is 30.3. The van der Waals surface area contributed by atoms with E-state index in [-0.39, 0.29) is 11.8 Å². The average molecular weight is 346 g/mol. The Morgan fingerprint density at radius 2 is 2.08 bits per heavy atom. The van der Waals surface area contributed by atoms with E-state index < -0.39 is 11.8 Å². The number of nitrogens with zero attached hydrogens (tertiary/aromatic N) is 4. The van der Waals surface area contributed by atoms with Crippen molar-refractivity contribution < 1.29 is 14.1 Å². The fourth-order valence-electron chi connectivity index (χ4n) is 3.33. The van der Waals surface area contributed by atoms with Crippen molar-refractivity contribution in [1.82, 2.24) is 25.2 Å². The molecule has 25 heavy (non-hydrogen) atoms. The van der Waals surface area contributed by atoms with E-state index in [2.05, 4.69) is 20.3 Å². The van der Waals surface area contributed by atoms with Gasteiger partial charge in [-0.2, -0.15) is 5.10 Å². The molecule has 0 unspecified atom stereocenters. The zero-order valence-electron chi connectivity index (χ0n) is 14.6. The van der Waals surface area contributed by atoms with Gasteiger partial charge in [0.05, 0.1) is 17.5 Å². The number of aryl methyl sites for hydroxylation is 3. The van der Waals surface area contributed by atoms with E-state index in [1.54, 1.807) is 11.8 Å². The summed E-state index contributed by atoms with van der Waals surface area (Å²) in [6.45, 7) is 6.17. The largest absolute Gasteiger partial charge is 0.369 e. The lowest BCUT2D eigenvalue weighted by molar-refractivity contribution is -0.130. The van der Waals surface area contributed by atoms with Gasteiger partial charge in [0, 0.05) is 25.1 Å². The molecule has 2 aromatic rings. The number of carbonyl (C=O) groups excluding carboxylic acids is 2. The molecule has 1 aliphatic rings. The number of aromatic nitrogens is 4. The number of carbonyl (C=O) groups is 2. The molecular formula is C16H22N6O3. The van der Waals surface area contributed by atoms with E-state index in [1.165, 1.54) is 0 Å². The first-order valence-corrected chi connectivity index (χ1v) is 8.24. The van der Waals surface area contributed by atoms with Crippen LogP contribution in [0.15, 0.2) is 4.52 Å². The Bertz CT molecular complexity index is 776. The van der Waals surface area contributed by atoms with Crippen LogP contribution >= 0.6 is 0 Å². The van der Waals surface area contributed by atoms with Crippen molar-refractivity contribution in [2.24, 2.45) is 11.7 Å². The summed E-state index contributed by atoms with van der Waals surface area (Å²) in [5.41, 5.74) is 7.28. The van der Waals surface area contributed by atoms with Crippen molar-refractivity contribution in [3.05, 3.63) is 28.7 Å². The van der Waals surface area contributed by atoms with Gasteiger partial charge in [-0.25, -0.2) is 4.98 Å². The van der Waals surface area contributed by atoms with E-state index >= 15 is 0 Å². The maximum atomic E-state index is 12.6. The molecule has 134 valence electrons. The smallest absolute Gasteiger partial charge is 0.223 e. The van der Waals surface area contributed by atoms with E-state index in [0.29, 0.717) is 37.6 Å². The Labute approximate surface area is 145 Å². The number of hydrogen-bond acceptors (Lipinski definition) is 6. The monoisotopic (exact) mass is 346 g/mol. The number of likely N-dealkylation sites (tertiary alicyclic amines) is 1. The number of hydrogen-bond donors (Lipinski definition) is 2. The fraction of sp³-hybridized carbons (Fsp3) is 0.562. The molecule has 9 nitrogen and oxygen atoms in total. The summed E-state index contributed by atoms with van der Waals surface area (Å²) < 4.78 is 5.12. The van der Waals surface area contributed by atoms with Gasteiger partial charge in [-0.3, -0.25) is 14.7 Å². The molecule has 1 aliphatic heterocycles. The SMILES string of the molecule is Cc1nc([C@@H]2CN(C(=O)CCc3c(C)noc3C)C[C@H]2C(N)=O)n[nH]1. The Morgan fingerprint density at radius 3 is 2.64 bits per heavy atom. The first-order chi connectivity index (χ1) is 11.9. The number of nitrogens with two attached hydrogens (primary N) is 1. The third-order valence-corrected chi connectivity index (χ3v) is 4.75. The quantitative estimate of drug-likeness (QED) is 0.804. The Balaban J connectivity index is 1.68. The third-order valence-electron chi connectivity index (χ3n) is 4.75. The number of H-pyrrole nitrogens is 1. The number of rotatable bonds is 5. The topological polar surface area (TPSA) is 131 Å². The zero-order valence-corrected chi connectivity index (χ0v) is 14.6. The van der Waals surface area contributed by atoms with Crippen molar-refractivity contribution in [2.45, 2.75) is 39.5 Å². The summed E-state index contributed by atoms with van der Waals surface area (Å²) in [5.74, 6) is 0.720. The molecule has 2 aromatic heterocycles. The second-order valence-electron chi connectivity index (χ2n) is 6.50. The summed E-state index contributed by atoms with van der Waals surface area (Å²) >= 11 is 0. The molecule has 0 radical (unpaired) electrons. The second kappa shape index (κ2) is 6.66. The molecule has 2 amide bonds. The highest BCUT2D eigenvalue weighted by Crippen LogP contribution is 2.31. The molecule has 1 fully saturated rings. The van der Waals surface area contributed by atoms with Crippen LogP contribution in [-0.4, -0.2) is 50.1 Å². The number of primary amides is 1. The van der Waals surface area contributed by atoms with Crippen LogP contribution < -0.4 is 5.73 Å². The van der Waals surface area contributed by atoms with Gasteiger partial charge in [-0.05, 0) is 27.2 Å². The summed E-state index contributed by atoms with van der Waals surface area (Å²) in [7, 11) is 0. The molecule has 0 spiro atoms. The van der Waals surface area contributed by atoms with Crippen LogP contribution in [0.3, 0.4) is 0 Å². The highest BCUT2D eigenvalue weighted by Gasteiger charge is 2.41. The second-order valence-corrected chi connectivity index (χ2v) is 6.50. The number of amides is 2. The van der Waals surface area contributed by atoms with Gasteiger partial charge in [0.25, 0.3) is 0 Å². The molecule has 2 atom stereocenters. The minimum absolute atomic E-state index is 0.0268. The van der Waals surface area contributed by atoms with Crippen LogP contribution in [0.5, 0.6) is 0 Å². The van der Waals surface area contributed by atoms with Crippen LogP contribution in [0.4, 0.5) is 0 Å². The number of nitrogens with one attached hydrogen (secondary N) is 1. The summed E-state index contributed by atoms with van der Waals surface area (Å²) in [6.07, 6.45) is 0.885. The zero-order chi connectivity index (χ0) is 18.1. The normalized spacial score (nSPS) is 20.2. The van der Waals surface area contributed by atoms with E-state index in [9.17, 15) is 9.59 Å². The lowest BCUT2D eigenvalue weighted by Gasteiger charge is -2.15. The lowest BCUT2D eigenvalue weighted by Crippen LogP contribution is -2.32. The first-order valence-electron chi connectivity index (χ1n) is 8.24. The lowest BCUT2D eigenvalue weighted by atomic mass is 9.95. The van der Waals surface area contributed by atoms with Gasteiger partial charge in [-0.15, -0.1) is 0 Å². The number of aromatic amines is 1. The van der Waals surface area contributed by atoms with Gasteiger partial charge >= 0.3 is 0 Å². The van der Waals surface area contributed by atoms with E-state index in [4.69, 9.17) is 10.3 Å². The standard InChI is InChI=1S/C16H22N6O3/c1-8-11(9(2)25-21-8)4-5-14(23)22-6-12(15(17)24)13(7-22)16-18-10(3)19-20-16/h12-13H,4-7H2,1-3H3,(H2,17,24)(H,18,19,20)/t12-,13-/m1/s1. The van der Waals surface area contributed by atoms with Gasteiger partial charge < -0.3 is 15.2 Å². The molecule has 0 aromatic carbocycles. The highest BCUT2D eigenvalue weighted by atomic mass is 16.5. The van der Waals surface area contributed by atoms with E-state index in [1.807, 2.05) is 13.8 Å². The molecule has 3 rings (SSSR count). The molecule has 3 N–H and O–H groups in total. The molecule has 0 aliphatic carbocycles. The minimum Gasteiger partial charge on any atom is -0.369 e. The maximum Gasteiger partial charge on any atom is 0.223 e. The summed E-state index contributed by atoms with van der Waals surface area (Å²) in [6, 6.07) is 0. The Morgan fingerprint density at radius 1 is 1.32 bits per heavy atom. The molecule has 0 bridgehead atoms. The third kappa shape index (κ3) is 3.40. The van der Waals surface area contributed by atoms with Crippen LogP contribution in [0.2, 0.25) is 0 Å². The first kappa shape index (κ1) is 17.1. The Hall–Kier alpha value is -2.71. The fourth-order valence-corrected chi connectivity index (χ4v) is 3.33. The average Bonchev–Trinajstić information content (AvgIpc) is 3.25. The van der Waals surface area contributed by atoms with Crippen molar-refractivity contribution in [2.75, 3.05) is 13.1 Å². The van der Waals surface area contributed by atoms with Gasteiger partial charge in [-0.1, -0.05) is 5.16 Å². The molecule has 3 heterocycles. The van der Waals surface area contributed by atoms with Gasteiger partial charge in [0.2, 0.25) is 11.8 Å². The molecule has 9 heteroatoms. The van der Waals surface area contributed by atoms with Crippen molar-refractivity contribution in [1.29, 1.82) is 0 Å². The van der Waals surface area contributed by atoms with Crippen molar-refractivity contribution in [3.8, 4) is 0 Å². The van der Waals surface area contributed by atoms with Crippen molar-refractivity contribution in [3.63, 3.8) is 0 Å². The highest BCUT2D eigenvalue weighted by molar-refractivity contribution is 5.82. The van der Waals surface area contributed by atoms with Crippen LogP contribution in [0.1, 0.15) is 41.0 Å². The predicted molar refractivity (Wildman–Crippen MR) is 87.4 cm³/mol. The van der Waals surface area contributed by atoms with Crippen molar-refractivity contribution >= 4 is 11.8 Å². The predicted octanol–water partition coefficient (Wildman–Crippen LogP) is 0.378. The van der Waals surface area contributed by atoms with Gasteiger partial charge in [0.1, 0.15) is 11.6 Å². The molecular weight excluding hydrogens is 324 g/mol. The van der Waals surface area contributed by atoms with Crippen LogP contribution in [0, 0.1) is 26.7 Å². The molecule has 0 saturated carbocycles.